The summed E-state index contributed by atoms with van der Waals surface area (Å²) in [6, 6.07) is 18.0. The third-order valence-corrected chi connectivity index (χ3v) is 2.62. The average Bonchev–Trinajstić information content (AvgIpc) is 2.45. The first-order valence-electron chi connectivity index (χ1n) is 5.90. The quantitative estimate of drug-likeness (QED) is 0.625. The molecule has 0 radical (unpaired) electrons. The van der Waals surface area contributed by atoms with Gasteiger partial charge in [-0.1, -0.05) is 42.5 Å². The van der Waals surface area contributed by atoms with E-state index in [-0.39, 0.29) is 0 Å². The summed E-state index contributed by atoms with van der Waals surface area (Å²) in [4.78, 5) is 5.40. The molecule has 1 N–H and O–H groups in total. The zero-order valence-corrected chi connectivity index (χ0v) is 10.4. The molecule has 0 saturated heterocycles. The molecule has 94 valence electrons. The van der Waals surface area contributed by atoms with Crippen LogP contribution in [0, 0.1) is 0 Å². The summed E-state index contributed by atoms with van der Waals surface area (Å²) in [6.45, 7) is 1.24. The molecule has 0 atom stereocenters. The number of nitrogens with one attached hydrogen (secondary N) is 1. The Balaban J connectivity index is 1.72. The predicted octanol–water partition coefficient (Wildman–Crippen LogP) is 2.92. The van der Waals surface area contributed by atoms with Crippen molar-refractivity contribution < 1.29 is 9.57 Å². The van der Waals surface area contributed by atoms with Crippen LogP contribution in [0.25, 0.3) is 0 Å². The van der Waals surface area contributed by atoms with Crippen LogP contribution in [0.2, 0.25) is 0 Å². The second-order valence-electron chi connectivity index (χ2n) is 3.94. The molecule has 0 bridgehead atoms. The first-order chi connectivity index (χ1) is 8.88. The monoisotopic (exact) mass is 243 g/mol. The van der Waals surface area contributed by atoms with Crippen LogP contribution in [-0.2, 0) is 18.0 Å². The summed E-state index contributed by atoms with van der Waals surface area (Å²) in [7, 11) is 1.66. The van der Waals surface area contributed by atoms with Gasteiger partial charge >= 0.3 is 0 Å². The summed E-state index contributed by atoms with van der Waals surface area (Å²) >= 11 is 0. The van der Waals surface area contributed by atoms with Gasteiger partial charge in [-0.05, 0) is 23.3 Å². The first kappa shape index (κ1) is 12.6. The fourth-order valence-electron chi connectivity index (χ4n) is 1.59. The molecule has 0 saturated carbocycles. The van der Waals surface area contributed by atoms with Crippen LogP contribution in [0.5, 0.6) is 5.75 Å². The number of hydroxylamine groups is 1. The van der Waals surface area contributed by atoms with Crippen LogP contribution in [-0.4, -0.2) is 7.11 Å². The maximum absolute atomic E-state index is 5.40. The van der Waals surface area contributed by atoms with Gasteiger partial charge in [-0.2, -0.15) is 5.48 Å². The highest BCUT2D eigenvalue weighted by molar-refractivity contribution is 5.26. The molecule has 18 heavy (non-hydrogen) atoms. The number of ether oxygens (including phenoxy) is 1. The van der Waals surface area contributed by atoms with Crippen molar-refractivity contribution >= 4 is 0 Å². The van der Waals surface area contributed by atoms with Crippen LogP contribution in [0.3, 0.4) is 0 Å². The lowest BCUT2D eigenvalue weighted by atomic mass is 10.2. The lowest BCUT2D eigenvalue weighted by Crippen LogP contribution is -2.13. The normalized spacial score (nSPS) is 10.3. The Morgan fingerprint density at radius 3 is 2.28 bits per heavy atom. The van der Waals surface area contributed by atoms with E-state index in [9.17, 15) is 0 Å². The molecule has 2 aromatic rings. The van der Waals surface area contributed by atoms with E-state index < -0.39 is 0 Å². The van der Waals surface area contributed by atoms with Crippen molar-refractivity contribution in [3.05, 3.63) is 65.7 Å². The van der Waals surface area contributed by atoms with Crippen molar-refractivity contribution in [1.29, 1.82) is 0 Å². The third kappa shape index (κ3) is 3.87. The van der Waals surface area contributed by atoms with Gasteiger partial charge in [0, 0.05) is 6.54 Å². The molecule has 0 spiro atoms. The molecule has 0 aromatic heterocycles. The van der Waals surface area contributed by atoms with Crippen LogP contribution in [0.4, 0.5) is 0 Å². The molecule has 0 aliphatic carbocycles. The van der Waals surface area contributed by atoms with Gasteiger partial charge in [-0.15, -0.1) is 0 Å². The van der Waals surface area contributed by atoms with E-state index >= 15 is 0 Å². The van der Waals surface area contributed by atoms with Crippen LogP contribution in [0.1, 0.15) is 11.1 Å². The van der Waals surface area contributed by atoms with E-state index in [4.69, 9.17) is 9.57 Å². The molecule has 3 heteroatoms. The van der Waals surface area contributed by atoms with Crippen LogP contribution >= 0.6 is 0 Å². The molecule has 0 aliphatic heterocycles. The van der Waals surface area contributed by atoms with Gasteiger partial charge in [-0.3, -0.25) is 4.84 Å². The highest BCUT2D eigenvalue weighted by Crippen LogP contribution is 2.11. The number of rotatable bonds is 6. The van der Waals surface area contributed by atoms with E-state index in [1.807, 2.05) is 54.6 Å². The first-order valence-corrected chi connectivity index (χ1v) is 5.90. The van der Waals surface area contributed by atoms with E-state index in [2.05, 4.69) is 5.48 Å². The van der Waals surface area contributed by atoms with Gasteiger partial charge in [0.05, 0.1) is 13.7 Å². The lowest BCUT2D eigenvalue weighted by molar-refractivity contribution is 0.0235. The zero-order valence-electron chi connectivity index (χ0n) is 10.4. The van der Waals surface area contributed by atoms with Crippen LogP contribution < -0.4 is 10.2 Å². The van der Waals surface area contributed by atoms with E-state index in [0.29, 0.717) is 13.2 Å². The summed E-state index contributed by atoms with van der Waals surface area (Å²) in [6.07, 6.45) is 0. The van der Waals surface area contributed by atoms with Crippen molar-refractivity contribution in [3.63, 3.8) is 0 Å². The van der Waals surface area contributed by atoms with E-state index in [0.717, 1.165) is 16.9 Å². The van der Waals surface area contributed by atoms with Gasteiger partial charge < -0.3 is 4.74 Å². The van der Waals surface area contributed by atoms with Crippen molar-refractivity contribution in [2.45, 2.75) is 13.2 Å². The average molecular weight is 243 g/mol. The Morgan fingerprint density at radius 2 is 1.61 bits per heavy atom. The molecule has 0 amide bonds. The molecule has 3 nitrogen and oxygen atoms in total. The molecule has 2 rings (SSSR count). The van der Waals surface area contributed by atoms with Gasteiger partial charge in [0.15, 0.2) is 0 Å². The summed E-state index contributed by atoms with van der Waals surface area (Å²) in [5.74, 6) is 0.865. The van der Waals surface area contributed by atoms with Crippen molar-refractivity contribution in [3.8, 4) is 5.75 Å². The third-order valence-electron chi connectivity index (χ3n) is 2.62. The maximum Gasteiger partial charge on any atom is 0.118 e. The zero-order chi connectivity index (χ0) is 12.6. The minimum Gasteiger partial charge on any atom is -0.497 e. The number of hydrogen-bond donors (Lipinski definition) is 1. The fourth-order valence-corrected chi connectivity index (χ4v) is 1.59. The van der Waals surface area contributed by atoms with Crippen molar-refractivity contribution in [2.75, 3.05) is 7.11 Å². The summed E-state index contributed by atoms with van der Waals surface area (Å²) in [5, 5.41) is 0. The Bertz CT molecular complexity index is 454. The molecule has 0 unspecified atom stereocenters. The Labute approximate surface area is 107 Å². The SMILES string of the molecule is COc1ccc(CNOCc2ccccc2)cc1. The minimum absolute atomic E-state index is 0.566. The highest BCUT2D eigenvalue weighted by Gasteiger charge is 1.95. The van der Waals surface area contributed by atoms with E-state index in [1.54, 1.807) is 7.11 Å². The van der Waals surface area contributed by atoms with E-state index in [1.165, 1.54) is 0 Å². The summed E-state index contributed by atoms with van der Waals surface area (Å²) in [5.41, 5.74) is 5.26. The maximum atomic E-state index is 5.40. The second kappa shape index (κ2) is 6.79. The second-order valence-corrected chi connectivity index (χ2v) is 3.94. The number of benzene rings is 2. The smallest absolute Gasteiger partial charge is 0.118 e. The minimum atomic E-state index is 0.566. The molecule has 2 aromatic carbocycles. The fraction of sp³-hybridized carbons (Fsp3) is 0.200. The van der Waals surface area contributed by atoms with Crippen molar-refractivity contribution in [2.24, 2.45) is 0 Å². The van der Waals surface area contributed by atoms with Crippen LogP contribution in [0.15, 0.2) is 54.6 Å². The highest BCUT2D eigenvalue weighted by atomic mass is 16.6. The molecule has 0 heterocycles. The van der Waals surface area contributed by atoms with Gasteiger partial charge in [0.1, 0.15) is 5.75 Å². The predicted molar refractivity (Wildman–Crippen MR) is 71.1 cm³/mol. The standard InChI is InChI=1S/C15H17NO2/c1-17-15-9-7-13(8-10-15)11-16-18-12-14-5-3-2-4-6-14/h2-10,16H,11-12H2,1H3. The van der Waals surface area contributed by atoms with Crippen molar-refractivity contribution in [1.82, 2.24) is 5.48 Å². The number of methoxy groups -OCH3 is 1. The lowest BCUT2D eigenvalue weighted by Gasteiger charge is -2.06. The van der Waals surface area contributed by atoms with Gasteiger partial charge in [0.25, 0.3) is 0 Å². The Kier molecular flexibility index (Phi) is 4.76. The number of hydrogen-bond acceptors (Lipinski definition) is 3. The molecular formula is C15H17NO2. The van der Waals surface area contributed by atoms with Gasteiger partial charge in [0.2, 0.25) is 0 Å². The molecule has 0 aliphatic rings. The van der Waals surface area contributed by atoms with Gasteiger partial charge in [-0.25, -0.2) is 0 Å². The topological polar surface area (TPSA) is 30.5 Å². The Morgan fingerprint density at radius 1 is 0.889 bits per heavy atom. The molecule has 0 fully saturated rings. The molecular weight excluding hydrogens is 226 g/mol. The Hall–Kier alpha value is -1.84. The summed E-state index contributed by atoms with van der Waals surface area (Å²) < 4.78 is 5.10. The largest absolute Gasteiger partial charge is 0.497 e.